The van der Waals surface area contributed by atoms with E-state index >= 15 is 0 Å². The summed E-state index contributed by atoms with van der Waals surface area (Å²) in [4.78, 5) is 12.8. The summed E-state index contributed by atoms with van der Waals surface area (Å²) in [6.45, 7) is 8.26. The number of hydrogen-bond acceptors (Lipinski definition) is 5. The summed E-state index contributed by atoms with van der Waals surface area (Å²) in [5, 5.41) is 12.6. The van der Waals surface area contributed by atoms with Gasteiger partial charge in [-0.25, -0.2) is 0 Å². The number of nitrogens with zero attached hydrogens (tertiary/aromatic N) is 5. The Morgan fingerprint density at radius 3 is 2.63 bits per heavy atom. The minimum atomic E-state index is 0.120. The highest BCUT2D eigenvalue weighted by molar-refractivity contribution is 7.99. The van der Waals surface area contributed by atoms with E-state index in [1.807, 2.05) is 19.1 Å². The normalized spacial score (nSPS) is 13.9. The molecule has 0 bridgehead atoms. The Morgan fingerprint density at radius 1 is 1.15 bits per heavy atom. The summed E-state index contributed by atoms with van der Waals surface area (Å²) < 4.78 is 3.99. The maximum atomic E-state index is 12.8. The van der Waals surface area contributed by atoms with Crippen LogP contribution in [0.15, 0.2) is 29.4 Å². The van der Waals surface area contributed by atoms with E-state index in [9.17, 15) is 4.79 Å². The van der Waals surface area contributed by atoms with Crippen molar-refractivity contribution in [3.63, 3.8) is 0 Å². The Bertz CT molecular complexity index is 1020. The van der Waals surface area contributed by atoms with Crippen molar-refractivity contribution >= 4 is 17.5 Å². The first-order chi connectivity index (χ1) is 13.0. The molecule has 0 amide bonds. The quantitative estimate of drug-likeness (QED) is 0.477. The van der Waals surface area contributed by atoms with Crippen LogP contribution >= 0.6 is 11.8 Å². The second-order valence-electron chi connectivity index (χ2n) is 7.24. The number of aromatic nitrogens is 5. The van der Waals surface area contributed by atoms with Crippen molar-refractivity contribution in [3.8, 4) is 5.69 Å². The van der Waals surface area contributed by atoms with Crippen LogP contribution in [0, 0.1) is 27.7 Å². The molecule has 0 saturated heterocycles. The largest absolute Gasteiger partial charge is 0.345 e. The van der Waals surface area contributed by atoms with Crippen molar-refractivity contribution in [1.82, 2.24) is 24.8 Å². The number of carbonyl (C=O) groups excluding carboxylic acids is 1. The number of tetrazole rings is 1. The molecule has 4 rings (SSSR count). The molecule has 0 unspecified atom stereocenters. The average Bonchev–Trinajstić information content (AvgIpc) is 3.27. The van der Waals surface area contributed by atoms with E-state index in [0.29, 0.717) is 17.0 Å². The van der Waals surface area contributed by atoms with Crippen molar-refractivity contribution in [2.24, 2.45) is 0 Å². The Balaban J connectivity index is 1.51. The van der Waals surface area contributed by atoms with Crippen molar-refractivity contribution in [2.75, 3.05) is 5.75 Å². The summed E-state index contributed by atoms with van der Waals surface area (Å²) in [6.07, 6.45) is 2.42. The number of Topliss-reactive ketones (excluding diaryl/α,β-unsaturated/α-hetero) is 1. The van der Waals surface area contributed by atoms with Gasteiger partial charge in [-0.05, 0) is 80.3 Å². The molecule has 0 aliphatic heterocycles. The third-order valence-electron chi connectivity index (χ3n) is 5.21. The fourth-order valence-corrected chi connectivity index (χ4v) is 4.22. The predicted molar refractivity (Wildman–Crippen MR) is 106 cm³/mol. The second-order valence-corrected chi connectivity index (χ2v) is 8.18. The molecule has 1 aliphatic rings. The molecule has 6 nitrogen and oxygen atoms in total. The Kier molecular flexibility index (Phi) is 4.63. The van der Waals surface area contributed by atoms with Crippen LogP contribution in [-0.4, -0.2) is 36.3 Å². The second kappa shape index (κ2) is 6.96. The molecule has 0 atom stereocenters. The number of benzene rings is 1. The van der Waals surface area contributed by atoms with Gasteiger partial charge in [-0.2, -0.15) is 4.68 Å². The van der Waals surface area contributed by atoms with Crippen molar-refractivity contribution < 1.29 is 4.79 Å². The van der Waals surface area contributed by atoms with Crippen LogP contribution < -0.4 is 0 Å². The molecule has 7 heteroatoms. The molecule has 140 valence electrons. The zero-order valence-electron chi connectivity index (χ0n) is 16.1. The van der Waals surface area contributed by atoms with Crippen LogP contribution in [0.3, 0.4) is 0 Å². The number of carbonyl (C=O) groups is 1. The van der Waals surface area contributed by atoms with Gasteiger partial charge in [-0.3, -0.25) is 4.79 Å². The first-order valence-electron chi connectivity index (χ1n) is 9.16. The standard InChI is InChI=1S/C20H23N5OS/c1-12-5-6-17(9-13(12)2)25-20(21-22-23-25)27-11-19(26)18-10-14(3)24(15(18)4)16-7-8-16/h5-6,9-10,16H,7-8,11H2,1-4H3. The lowest BCUT2D eigenvalue weighted by molar-refractivity contribution is 0.102. The highest BCUT2D eigenvalue weighted by Gasteiger charge is 2.28. The van der Waals surface area contributed by atoms with Gasteiger partial charge in [0.2, 0.25) is 5.16 Å². The summed E-state index contributed by atoms with van der Waals surface area (Å²) in [5.74, 6) is 0.440. The lowest BCUT2D eigenvalue weighted by Crippen LogP contribution is -2.07. The maximum absolute atomic E-state index is 12.8. The molecular formula is C20H23N5OS. The third kappa shape index (κ3) is 3.43. The summed E-state index contributed by atoms with van der Waals surface area (Å²) in [5.41, 5.74) is 6.38. The first kappa shape index (κ1) is 18.0. The minimum absolute atomic E-state index is 0.120. The molecule has 0 spiro atoms. The number of rotatable bonds is 6. The Hall–Kier alpha value is -2.41. The lowest BCUT2D eigenvalue weighted by atomic mass is 10.1. The van der Waals surface area contributed by atoms with Crippen LogP contribution in [0.5, 0.6) is 0 Å². The lowest BCUT2D eigenvalue weighted by Gasteiger charge is -2.08. The van der Waals surface area contributed by atoms with E-state index in [4.69, 9.17) is 0 Å². The highest BCUT2D eigenvalue weighted by atomic mass is 32.2. The number of thioether (sulfide) groups is 1. The van der Waals surface area contributed by atoms with E-state index < -0.39 is 0 Å². The van der Waals surface area contributed by atoms with Gasteiger partial charge in [0.1, 0.15) is 0 Å². The van der Waals surface area contributed by atoms with Crippen LogP contribution in [0.2, 0.25) is 0 Å². The molecule has 2 aromatic heterocycles. The number of hydrogen-bond donors (Lipinski definition) is 0. The SMILES string of the molecule is Cc1ccc(-n2nnnc2SCC(=O)c2cc(C)n(C3CC3)c2C)cc1C. The molecule has 1 aliphatic carbocycles. The number of ketones is 1. The van der Waals surface area contributed by atoms with Gasteiger partial charge in [-0.15, -0.1) is 5.10 Å². The molecule has 2 heterocycles. The number of aryl methyl sites for hydroxylation is 3. The minimum Gasteiger partial charge on any atom is -0.345 e. The van der Waals surface area contributed by atoms with E-state index in [2.05, 4.69) is 53.0 Å². The fourth-order valence-electron chi connectivity index (χ4n) is 3.45. The zero-order chi connectivity index (χ0) is 19.1. The molecule has 27 heavy (non-hydrogen) atoms. The van der Waals surface area contributed by atoms with Crippen LogP contribution in [0.1, 0.15) is 51.8 Å². The maximum Gasteiger partial charge on any atom is 0.214 e. The van der Waals surface area contributed by atoms with Crippen LogP contribution in [0.4, 0.5) is 0 Å². The third-order valence-corrected chi connectivity index (χ3v) is 6.12. The van der Waals surface area contributed by atoms with Gasteiger partial charge in [0.05, 0.1) is 11.4 Å². The molecule has 3 aromatic rings. The van der Waals surface area contributed by atoms with Gasteiger partial charge in [-0.1, -0.05) is 17.8 Å². The monoisotopic (exact) mass is 381 g/mol. The predicted octanol–water partition coefficient (Wildman–Crippen LogP) is 4.01. The van der Waals surface area contributed by atoms with E-state index in [0.717, 1.165) is 16.9 Å². The van der Waals surface area contributed by atoms with Crippen molar-refractivity contribution in [1.29, 1.82) is 0 Å². The summed E-state index contributed by atoms with van der Waals surface area (Å²) in [7, 11) is 0. The van der Waals surface area contributed by atoms with E-state index in [1.165, 1.54) is 41.4 Å². The topological polar surface area (TPSA) is 65.6 Å². The molecule has 0 radical (unpaired) electrons. The Labute approximate surface area is 163 Å². The molecular weight excluding hydrogens is 358 g/mol. The van der Waals surface area contributed by atoms with E-state index in [1.54, 1.807) is 4.68 Å². The molecule has 1 saturated carbocycles. The summed E-state index contributed by atoms with van der Waals surface area (Å²) >= 11 is 1.38. The van der Waals surface area contributed by atoms with Crippen molar-refractivity contribution in [2.45, 2.75) is 51.7 Å². The highest BCUT2D eigenvalue weighted by Crippen LogP contribution is 2.38. The van der Waals surface area contributed by atoms with Crippen molar-refractivity contribution in [3.05, 3.63) is 52.3 Å². The first-order valence-corrected chi connectivity index (χ1v) is 10.1. The Morgan fingerprint density at radius 2 is 1.93 bits per heavy atom. The van der Waals surface area contributed by atoms with Gasteiger partial charge in [0, 0.05) is 23.0 Å². The molecule has 1 aromatic carbocycles. The smallest absolute Gasteiger partial charge is 0.214 e. The summed E-state index contributed by atoms with van der Waals surface area (Å²) in [6, 6.07) is 8.70. The van der Waals surface area contributed by atoms with Gasteiger partial charge < -0.3 is 4.57 Å². The van der Waals surface area contributed by atoms with Crippen LogP contribution in [0.25, 0.3) is 5.69 Å². The zero-order valence-corrected chi connectivity index (χ0v) is 16.9. The molecule has 1 fully saturated rings. The fraction of sp³-hybridized carbons (Fsp3) is 0.400. The van der Waals surface area contributed by atoms with Gasteiger partial charge in [0.25, 0.3) is 0 Å². The van der Waals surface area contributed by atoms with E-state index in [-0.39, 0.29) is 5.78 Å². The average molecular weight is 382 g/mol. The van der Waals surface area contributed by atoms with Crippen LogP contribution in [-0.2, 0) is 0 Å². The molecule has 0 N–H and O–H groups in total. The van der Waals surface area contributed by atoms with Gasteiger partial charge >= 0.3 is 0 Å². The van der Waals surface area contributed by atoms with Gasteiger partial charge in [0.15, 0.2) is 5.78 Å².